The number of nitrogens with zero attached hydrogens (tertiary/aromatic N) is 1. The SMILES string of the molecule is Cc1nc(-c2ccc(S(=O)(=O)NC(Cc3csc4ccccc34)C(=O)NC(c3ccccc3)c3ccccc3)s2)cs1. The van der Waals surface area contributed by atoms with Gasteiger partial charge in [-0.25, -0.2) is 13.4 Å². The Morgan fingerprint density at radius 1 is 0.833 bits per heavy atom. The van der Waals surface area contributed by atoms with Gasteiger partial charge >= 0.3 is 0 Å². The lowest BCUT2D eigenvalue weighted by Crippen LogP contribution is -2.48. The lowest BCUT2D eigenvalue weighted by atomic mass is 9.97. The normalized spacial score (nSPS) is 12.5. The molecule has 0 saturated carbocycles. The molecule has 0 saturated heterocycles. The van der Waals surface area contributed by atoms with Gasteiger partial charge in [0.25, 0.3) is 10.0 Å². The zero-order valence-electron chi connectivity index (χ0n) is 22.6. The molecule has 6 aromatic rings. The molecule has 0 spiro atoms. The first-order valence-corrected chi connectivity index (χ1v) is 17.3. The van der Waals surface area contributed by atoms with Crippen LogP contribution in [0.2, 0.25) is 0 Å². The van der Waals surface area contributed by atoms with Crippen LogP contribution in [0, 0.1) is 6.92 Å². The summed E-state index contributed by atoms with van der Waals surface area (Å²) in [6, 6.07) is 29.1. The van der Waals surface area contributed by atoms with E-state index in [4.69, 9.17) is 0 Å². The van der Waals surface area contributed by atoms with E-state index in [9.17, 15) is 13.2 Å². The van der Waals surface area contributed by atoms with Crippen LogP contribution in [0.4, 0.5) is 0 Å². The third kappa shape index (κ3) is 6.23. The van der Waals surface area contributed by atoms with E-state index in [1.165, 1.54) is 11.3 Å². The van der Waals surface area contributed by atoms with Crippen LogP contribution in [-0.4, -0.2) is 25.4 Å². The summed E-state index contributed by atoms with van der Waals surface area (Å²) in [5.41, 5.74) is 3.47. The fourth-order valence-electron chi connectivity index (χ4n) is 4.82. The van der Waals surface area contributed by atoms with E-state index in [1.807, 2.05) is 103 Å². The number of sulfonamides is 1. The summed E-state index contributed by atoms with van der Waals surface area (Å²) in [6.45, 7) is 1.91. The first kappa shape index (κ1) is 28.4. The van der Waals surface area contributed by atoms with Crippen molar-refractivity contribution in [3.05, 3.63) is 130 Å². The first-order valence-electron chi connectivity index (χ1n) is 13.3. The molecule has 0 aliphatic heterocycles. The van der Waals surface area contributed by atoms with Crippen molar-refractivity contribution in [1.82, 2.24) is 15.0 Å². The minimum absolute atomic E-state index is 0.138. The van der Waals surface area contributed by atoms with Crippen LogP contribution in [0.25, 0.3) is 20.7 Å². The van der Waals surface area contributed by atoms with Crippen molar-refractivity contribution >= 4 is 60.0 Å². The van der Waals surface area contributed by atoms with Crippen molar-refractivity contribution in [1.29, 1.82) is 0 Å². The van der Waals surface area contributed by atoms with Crippen molar-refractivity contribution in [3.8, 4) is 10.6 Å². The first-order chi connectivity index (χ1) is 20.4. The zero-order valence-corrected chi connectivity index (χ0v) is 25.8. The van der Waals surface area contributed by atoms with E-state index in [0.717, 1.165) is 53.7 Å². The second-order valence-corrected chi connectivity index (χ2v) is 14.8. The Hall–Kier alpha value is -3.67. The van der Waals surface area contributed by atoms with Crippen molar-refractivity contribution in [2.75, 3.05) is 0 Å². The molecular formula is C32H27N3O3S4. The number of thiazole rings is 1. The number of carbonyl (C=O) groups is 1. The zero-order chi connectivity index (χ0) is 29.1. The molecule has 2 N–H and O–H groups in total. The number of aryl methyl sites for hydroxylation is 1. The Bertz CT molecular complexity index is 1890. The molecule has 0 radical (unpaired) electrons. The van der Waals surface area contributed by atoms with Gasteiger partial charge in [-0.15, -0.1) is 34.0 Å². The van der Waals surface area contributed by atoms with Gasteiger partial charge in [0.2, 0.25) is 5.91 Å². The third-order valence-corrected chi connectivity index (χ3v) is 11.7. The summed E-state index contributed by atoms with van der Waals surface area (Å²) in [7, 11) is -4.02. The lowest BCUT2D eigenvalue weighted by Gasteiger charge is -2.24. The number of hydrogen-bond acceptors (Lipinski definition) is 7. The van der Waals surface area contributed by atoms with E-state index < -0.39 is 28.0 Å². The van der Waals surface area contributed by atoms with Gasteiger partial charge in [-0.2, -0.15) is 4.72 Å². The van der Waals surface area contributed by atoms with Crippen LogP contribution in [0.15, 0.2) is 112 Å². The quantitative estimate of drug-likeness (QED) is 0.168. The number of nitrogens with one attached hydrogen (secondary N) is 2. The highest BCUT2D eigenvalue weighted by Gasteiger charge is 2.30. The van der Waals surface area contributed by atoms with Crippen molar-refractivity contribution in [2.45, 2.75) is 29.6 Å². The van der Waals surface area contributed by atoms with E-state index in [2.05, 4.69) is 15.0 Å². The van der Waals surface area contributed by atoms with Gasteiger partial charge in [-0.05, 0) is 59.0 Å². The number of hydrogen-bond donors (Lipinski definition) is 2. The largest absolute Gasteiger partial charge is 0.344 e. The van der Waals surface area contributed by atoms with Crippen LogP contribution in [0.5, 0.6) is 0 Å². The van der Waals surface area contributed by atoms with Crippen LogP contribution >= 0.6 is 34.0 Å². The molecule has 0 aliphatic rings. The number of thiophene rings is 2. The van der Waals surface area contributed by atoms with Crippen LogP contribution in [-0.2, 0) is 21.2 Å². The van der Waals surface area contributed by atoms with E-state index in [1.54, 1.807) is 23.5 Å². The third-order valence-electron chi connectivity index (χ3n) is 6.87. The van der Waals surface area contributed by atoms with E-state index in [-0.39, 0.29) is 10.6 Å². The summed E-state index contributed by atoms with van der Waals surface area (Å²) < 4.78 is 31.4. The average Bonchev–Trinajstić information content (AvgIpc) is 3.77. The van der Waals surface area contributed by atoms with Crippen LogP contribution < -0.4 is 10.0 Å². The smallest absolute Gasteiger partial charge is 0.250 e. The molecule has 6 nitrogen and oxygen atoms in total. The fraction of sp³-hybridized carbons (Fsp3) is 0.125. The maximum absolute atomic E-state index is 14.1. The van der Waals surface area contributed by atoms with Crippen LogP contribution in [0.1, 0.15) is 27.7 Å². The average molecular weight is 630 g/mol. The molecular weight excluding hydrogens is 603 g/mol. The van der Waals surface area contributed by atoms with Gasteiger partial charge < -0.3 is 5.32 Å². The van der Waals surface area contributed by atoms with Gasteiger partial charge in [0.1, 0.15) is 10.3 Å². The Labute approximate surface area is 256 Å². The molecule has 1 atom stereocenters. The van der Waals surface area contributed by atoms with Crippen molar-refractivity contribution in [3.63, 3.8) is 0 Å². The minimum Gasteiger partial charge on any atom is -0.344 e. The van der Waals surface area contributed by atoms with Gasteiger partial charge in [-0.1, -0.05) is 78.9 Å². The number of rotatable bonds is 10. The van der Waals surface area contributed by atoms with E-state index in [0.29, 0.717) is 0 Å². The molecule has 3 aromatic heterocycles. The number of benzene rings is 3. The summed E-state index contributed by atoms with van der Waals surface area (Å²) in [6.07, 6.45) is 0.203. The maximum atomic E-state index is 14.1. The number of amides is 1. The Morgan fingerprint density at radius 2 is 1.50 bits per heavy atom. The predicted octanol–water partition coefficient (Wildman–Crippen LogP) is 7.19. The molecule has 212 valence electrons. The maximum Gasteiger partial charge on any atom is 0.250 e. The summed E-state index contributed by atoms with van der Waals surface area (Å²) in [4.78, 5) is 19.3. The molecule has 10 heteroatoms. The lowest BCUT2D eigenvalue weighted by molar-refractivity contribution is -0.123. The highest BCUT2D eigenvalue weighted by molar-refractivity contribution is 7.91. The highest BCUT2D eigenvalue weighted by Crippen LogP contribution is 2.32. The molecule has 0 aliphatic carbocycles. The van der Waals surface area contributed by atoms with Crippen molar-refractivity contribution < 1.29 is 13.2 Å². The number of carbonyl (C=O) groups excluding carboxylic acids is 1. The molecule has 6 rings (SSSR count). The topological polar surface area (TPSA) is 88.2 Å². The fourth-order valence-corrected chi connectivity index (χ4v) is 8.96. The number of aromatic nitrogens is 1. The molecule has 42 heavy (non-hydrogen) atoms. The molecule has 1 amide bonds. The van der Waals surface area contributed by atoms with Gasteiger partial charge in [0.15, 0.2) is 0 Å². The minimum atomic E-state index is -4.02. The van der Waals surface area contributed by atoms with E-state index >= 15 is 0 Å². The standard InChI is InChI=1S/C32H27N3O3S4/c1-21-33-27(20-39-21)29-16-17-30(41-29)42(37,38)35-26(18-24-19-40-28-15-9-8-14-25(24)28)32(36)34-31(22-10-4-2-5-11-22)23-12-6-3-7-13-23/h2-17,19-20,26,31,35H,18H2,1H3,(H,34,36). The second-order valence-electron chi connectivity index (χ2n) is 9.77. The Morgan fingerprint density at radius 3 is 2.17 bits per heavy atom. The van der Waals surface area contributed by atoms with Gasteiger partial charge in [-0.3, -0.25) is 4.79 Å². The monoisotopic (exact) mass is 629 g/mol. The Balaban J connectivity index is 1.33. The molecule has 0 bridgehead atoms. The summed E-state index contributed by atoms with van der Waals surface area (Å²) >= 11 is 4.24. The predicted molar refractivity (Wildman–Crippen MR) is 173 cm³/mol. The van der Waals surface area contributed by atoms with Gasteiger partial charge in [0.05, 0.1) is 21.6 Å². The van der Waals surface area contributed by atoms with Gasteiger partial charge in [0, 0.05) is 10.1 Å². The molecule has 3 heterocycles. The number of fused-ring (bicyclic) bond motifs is 1. The molecule has 3 aromatic carbocycles. The summed E-state index contributed by atoms with van der Waals surface area (Å²) in [5, 5.41) is 8.98. The molecule has 1 unspecified atom stereocenters. The molecule has 0 fully saturated rings. The van der Waals surface area contributed by atoms with Crippen LogP contribution in [0.3, 0.4) is 0 Å². The Kier molecular flexibility index (Phi) is 8.32. The van der Waals surface area contributed by atoms with Crippen molar-refractivity contribution in [2.24, 2.45) is 0 Å². The summed E-state index contributed by atoms with van der Waals surface area (Å²) in [5.74, 6) is -0.404. The highest BCUT2D eigenvalue weighted by atomic mass is 32.2. The second kappa shape index (κ2) is 12.3.